The van der Waals surface area contributed by atoms with Gasteiger partial charge in [-0.05, 0) is 35.8 Å². The molecule has 2 aromatic rings. The normalized spacial score (nSPS) is 14.7. The number of carbonyl (C=O) groups excluding carboxylic acids is 1. The summed E-state index contributed by atoms with van der Waals surface area (Å²) in [5.41, 5.74) is 2.91. The van der Waals surface area contributed by atoms with Crippen molar-refractivity contribution in [3.8, 4) is 17.2 Å². The Kier molecular flexibility index (Phi) is 5.45. The van der Waals surface area contributed by atoms with E-state index < -0.39 is 5.97 Å². The van der Waals surface area contributed by atoms with Gasteiger partial charge in [0.15, 0.2) is 17.2 Å². The van der Waals surface area contributed by atoms with Crippen LogP contribution >= 0.6 is 0 Å². The first-order chi connectivity index (χ1) is 13.1. The van der Waals surface area contributed by atoms with Crippen LogP contribution in [0.5, 0.6) is 17.2 Å². The van der Waals surface area contributed by atoms with Crippen LogP contribution in [-0.4, -0.2) is 33.2 Å². The van der Waals surface area contributed by atoms with Gasteiger partial charge in [-0.2, -0.15) is 0 Å². The average molecular weight is 367 g/mol. The lowest BCUT2D eigenvalue weighted by molar-refractivity contribution is -0.129. The lowest BCUT2D eigenvalue weighted by Gasteiger charge is -2.13. The third-order valence-corrected chi connectivity index (χ3v) is 4.22. The summed E-state index contributed by atoms with van der Waals surface area (Å²) in [6, 6.07) is 11.3. The molecular formula is C21H21NO5. The molecule has 0 aliphatic carbocycles. The number of carbonyl (C=O) groups is 1. The standard InChI is InChI=1S/C21H21NO5/c1-5-13-6-8-14(9-7-13)10-16-21(23)27-20(22-16)15-11-17(24-2)19(26-4)18(12-15)25-3/h6-12H,5H2,1-4H3/b16-10+. The number of nitrogens with zero attached hydrogens (tertiary/aromatic N) is 1. The number of hydrogen-bond acceptors (Lipinski definition) is 6. The molecule has 6 nitrogen and oxygen atoms in total. The number of aryl methyl sites for hydroxylation is 1. The second kappa shape index (κ2) is 7.95. The van der Waals surface area contributed by atoms with Gasteiger partial charge < -0.3 is 18.9 Å². The SMILES string of the molecule is CCc1ccc(/C=C2/N=C(c3cc(OC)c(OC)c(OC)c3)OC2=O)cc1. The number of methoxy groups -OCH3 is 3. The van der Waals surface area contributed by atoms with Crippen molar-refractivity contribution in [2.45, 2.75) is 13.3 Å². The van der Waals surface area contributed by atoms with E-state index >= 15 is 0 Å². The Hall–Kier alpha value is -3.28. The van der Waals surface area contributed by atoms with Crippen LogP contribution in [0.4, 0.5) is 0 Å². The molecular weight excluding hydrogens is 346 g/mol. The van der Waals surface area contributed by atoms with Crippen molar-refractivity contribution in [3.05, 3.63) is 58.8 Å². The molecule has 27 heavy (non-hydrogen) atoms. The minimum Gasteiger partial charge on any atom is -0.493 e. The third-order valence-electron chi connectivity index (χ3n) is 4.22. The highest BCUT2D eigenvalue weighted by Crippen LogP contribution is 2.39. The molecule has 0 saturated carbocycles. The molecule has 0 spiro atoms. The van der Waals surface area contributed by atoms with Crippen LogP contribution in [0.25, 0.3) is 6.08 Å². The summed E-state index contributed by atoms with van der Waals surface area (Å²) in [6.45, 7) is 2.09. The molecule has 2 aromatic carbocycles. The minimum atomic E-state index is -0.502. The summed E-state index contributed by atoms with van der Waals surface area (Å²) in [7, 11) is 4.57. The van der Waals surface area contributed by atoms with Crippen molar-refractivity contribution in [2.75, 3.05) is 21.3 Å². The monoisotopic (exact) mass is 367 g/mol. The number of benzene rings is 2. The van der Waals surface area contributed by atoms with E-state index in [1.807, 2.05) is 24.3 Å². The van der Waals surface area contributed by atoms with Gasteiger partial charge >= 0.3 is 5.97 Å². The maximum atomic E-state index is 12.2. The van der Waals surface area contributed by atoms with Gasteiger partial charge in [-0.3, -0.25) is 0 Å². The van der Waals surface area contributed by atoms with Gasteiger partial charge in [-0.25, -0.2) is 9.79 Å². The Bertz CT molecular complexity index is 888. The molecule has 0 unspecified atom stereocenters. The Labute approximate surface area is 158 Å². The zero-order chi connectivity index (χ0) is 19.4. The number of hydrogen-bond donors (Lipinski definition) is 0. The third kappa shape index (κ3) is 3.79. The smallest absolute Gasteiger partial charge is 0.363 e. The number of aliphatic imine (C=N–C) groups is 1. The molecule has 0 saturated heterocycles. The van der Waals surface area contributed by atoms with Crippen LogP contribution in [0.3, 0.4) is 0 Å². The maximum absolute atomic E-state index is 12.2. The molecule has 0 N–H and O–H groups in total. The molecule has 0 fully saturated rings. The molecule has 1 aliphatic heterocycles. The first-order valence-electron chi connectivity index (χ1n) is 8.51. The van der Waals surface area contributed by atoms with Gasteiger partial charge in [0.1, 0.15) is 0 Å². The number of cyclic esters (lactones) is 1. The van der Waals surface area contributed by atoms with Crippen molar-refractivity contribution in [2.24, 2.45) is 4.99 Å². The second-order valence-corrected chi connectivity index (χ2v) is 5.85. The predicted molar refractivity (Wildman–Crippen MR) is 103 cm³/mol. The maximum Gasteiger partial charge on any atom is 0.363 e. The van der Waals surface area contributed by atoms with Crippen LogP contribution in [0, 0.1) is 0 Å². The van der Waals surface area contributed by atoms with Gasteiger partial charge in [-0.15, -0.1) is 0 Å². The van der Waals surface area contributed by atoms with E-state index in [0.717, 1.165) is 12.0 Å². The summed E-state index contributed by atoms with van der Waals surface area (Å²) in [5, 5.41) is 0. The summed E-state index contributed by atoms with van der Waals surface area (Å²) in [5.74, 6) is 1.06. The quantitative estimate of drug-likeness (QED) is 0.576. The first kappa shape index (κ1) is 18.5. The Morgan fingerprint density at radius 1 is 1.00 bits per heavy atom. The van der Waals surface area contributed by atoms with Crippen molar-refractivity contribution < 1.29 is 23.7 Å². The molecule has 0 aromatic heterocycles. The van der Waals surface area contributed by atoms with Crippen molar-refractivity contribution in [3.63, 3.8) is 0 Å². The topological polar surface area (TPSA) is 66.3 Å². The van der Waals surface area contributed by atoms with Crippen LogP contribution in [0.1, 0.15) is 23.6 Å². The molecule has 0 amide bonds. The zero-order valence-corrected chi connectivity index (χ0v) is 15.7. The average Bonchev–Trinajstić information content (AvgIpc) is 3.07. The van der Waals surface area contributed by atoms with Crippen LogP contribution in [-0.2, 0) is 16.0 Å². The fraction of sp³-hybridized carbons (Fsp3) is 0.238. The van der Waals surface area contributed by atoms with E-state index in [4.69, 9.17) is 18.9 Å². The summed E-state index contributed by atoms with van der Waals surface area (Å²) in [4.78, 5) is 16.6. The molecule has 6 heteroatoms. The fourth-order valence-corrected chi connectivity index (χ4v) is 2.74. The lowest BCUT2D eigenvalue weighted by Crippen LogP contribution is -2.06. The summed E-state index contributed by atoms with van der Waals surface area (Å²) < 4.78 is 21.3. The van der Waals surface area contributed by atoms with Crippen LogP contribution in [0.2, 0.25) is 0 Å². The van der Waals surface area contributed by atoms with E-state index in [2.05, 4.69) is 11.9 Å². The first-order valence-corrected chi connectivity index (χ1v) is 8.51. The van der Waals surface area contributed by atoms with E-state index in [-0.39, 0.29) is 11.6 Å². The highest BCUT2D eigenvalue weighted by atomic mass is 16.6. The van der Waals surface area contributed by atoms with Gasteiger partial charge in [-0.1, -0.05) is 31.2 Å². The summed E-state index contributed by atoms with van der Waals surface area (Å²) >= 11 is 0. The van der Waals surface area contributed by atoms with Crippen molar-refractivity contribution in [1.29, 1.82) is 0 Å². The van der Waals surface area contributed by atoms with Crippen LogP contribution in [0.15, 0.2) is 47.1 Å². The van der Waals surface area contributed by atoms with Crippen molar-refractivity contribution >= 4 is 17.9 Å². The highest BCUT2D eigenvalue weighted by molar-refractivity contribution is 6.13. The van der Waals surface area contributed by atoms with E-state index in [1.54, 1.807) is 18.2 Å². The Morgan fingerprint density at radius 2 is 1.63 bits per heavy atom. The minimum absolute atomic E-state index is 0.190. The molecule has 1 aliphatic rings. The van der Waals surface area contributed by atoms with E-state index in [1.165, 1.54) is 26.9 Å². The number of rotatable bonds is 6. The molecule has 0 bridgehead atoms. The van der Waals surface area contributed by atoms with Gasteiger partial charge in [0, 0.05) is 5.56 Å². The lowest BCUT2D eigenvalue weighted by atomic mass is 10.1. The number of ether oxygens (including phenoxy) is 4. The summed E-state index contributed by atoms with van der Waals surface area (Å²) in [6.07, 6.45) is 2.66. The predicted octanol–water partition coefficient (Wildman–Crippen LogP) is 3.62. The molecule has 1 heterocycles. The van der Waals surface area contributed by atoms with Crippen LogP contribution < -0.4 is 14.2 Å². The second-order valence-electron chi connectivity index (χ2n) is 5.85. The van der Waals surface area contributed by atoms with Crippen molar-refractivity contribution in [1.82, 2.24) is 0 Å². The van der Waals surface area contributed by atoms with Gasteiger partial charge in [0.25, 0.3) is 0 Å². The van der Waals surface area contributed by atoms with Gasteiger partial charge in [0.05, 0.1) is 21.3 Å². The zero-order valence-electron chi connectivity index (χ0n) is 15.7. The number of esters is 1. The molecule has 0 radical (unpaired) electrons. The Balaban J connectivity index is 1.97. The largest absolute Gasteiger partial charge is 0.493 e. The van der Waals surface area contributed by atoms with E-state index in [0.29, 0.717) is 22.8 Å². The Morgan fingerprint density at radius 3 is 2.15 bits per heavy atom. The highest BCUT2D eigenvalue weighted by Gasteiger charge is 2.26. The van der Waals surface area contributed by atoms with E-state index in [9.17, 15) is 4.79 Å². The fourth-order valence-electron chi connectivity index (χ4n) is 2.74. The molecule has 3 rings (SSSR count). The van der Waals surface area contributed by atoms with Gasteiger partial charge in [0.2, 0.25) is 11.6 Å². The molecule has 0 atom stereocenters. The molecule has 140 valence electrons.